The van der Waals surface area contributed by atoms with Crippen molar-refractivity contribution >= 4 is 5.97 Å². The SMILES string of the molecule is C=CCc1ccc(OCC(O)Cn2cc(C(=O)OC)cc(C#N)c2=O)c(OC)c1. The number of allylic oxidation sites excluding steroid dienone is 1. The molecule has 1 aromatic carbocycles. The van der Waals surface area contributed by atoms with Gasteiger partial charge in [0, 0.05) is 6.20 Å². The Hall–Kier alpha value is -3.57. The standard InChI is InChI=1S/C21H22N2O6/c1-4-5-14-6-7-18(19(8-14)27-2)29-13-17(24)12-23-11-16(21(26)28-3)9-15(10-22)20(23)25/h4,6-9,11,17,24H,1,5,12-13H2,2-3H3. The second kappa shape index (κ2) is 10.1. The first-order chi connectivity index (χ1) is 13.9. The fraction of sp³-hybridized carbons (Fsp3) is 0.286. The Morgan fingerprint density at radius 1 is 1.34 bits per heavy atom. The normalized spacial score (nSPS) is 11.2. The lowest BCUT2D eigenvalue weighted by Crippen LogP contribution is -2.32. The first-order valence-corrected chi connectivity index (χ1v) is 8.75. The number of aromatic nitrogens is 1. The molecule has 0 bridgehead atoms. The van der Waals surface area contributed by atoms with Crippen LogP contribution in [0.4, 0.5) is 0 Å². The Bertz CT molecular complexity index is 990. The smallest absolute Gasteiger partial charge is 0.339 e. The number of nitrogens with zero attached hydrogens (tertiary/aromatic N) is 2. The maximum atomic E-state index is 12.3. The fourth-order valence-electron chi connectivity index (χ4n) is 2.67. The minimum absolute atomic E-state index is 0.0382. The molecule has 2 aromatic rings. The van der Waals surface area contributed by atoms with E-state index in [1.54, 1.807) is 18.2 Å². The fourth-order valence-corrected chi connectivity index (χ4v) is 2.67. The summed E-state index contributed by atoms with van der Waals surface area (Å²) in [6, 6.07) is 8.29. The average molecular weight is 398 g/mol. The molecule has 0 aliphatic rings. The van der Waals surface area contributed by atoms with Crippen molar-refractivity contribution in [3.8, 4) is 17.6 Å². The van der Waals surface area contributed by atoms with Crippen molar-refractivity contribution in [2.75, 3.05) is 20.8 Å². The summed E-state index contributed by atoms with van der Waals surface area (Å²) < 4.78 is 16.6. The van der Waals surface area contributed by atoms with Gasteiger partial charge in [0.2, 0.25) is 0 Å². The van der Waals surface area contributed by atoms with Crippen LogP contribution in [0.2, 0.25) is 0 Å². The average Bonchev–Trinajstić information content (AvgIpc) is 2.73. The summed E-state index contributed by atoms with van der Waals surface area (Å²) >= 11 is 0. The molecule has 0 aliphatic carbocycles. The number of carbonyl (C=O) groups is 1. The first kappa shape index (κ1) is 21.7. The maximum Gasteiger partial charge on any atom is 0.339 e. The number of pyridine rings is 1. The highest BCUT2D eigenvalue weighted by molar-refractivity contribution is 5.89. The molecule has 0 radical (unpaired) electrons. The van der Waals surface area contributed by atoms with Crippen LogP contribution in [0.5, 0.6) is 11.5 Å². The molecule has 0 saturated carbocycles. The summed E-state index contributed by atoms with van der Waals surface area (Å²) in [5.41, 5.74) is 0.197. The second-order valence-electron chi connectivity index (χ2n) is 6.15. The number of benzene rings is 1. The highest BCUT2D eigenvalue weighted by atomic mass is 16.5. The molecule has 0 fully saturated rings. The summed E-state index contributed by atoms with van der Waals surface area (Å²) in [6.07, 6.45) is 2.61. The van der Waals surface area contributed by atoms with Gasteiger partial charge in [-0.3, -0.25) is 4.79 Å². The molecule has 1 N–H and O–H groups in total. The van der Waals surface area contributed by atoms with Gasteiger partial charge < -0.3 is 23.9 Å². The van der Waals surface area contributed by atoms with E-state index >= 15 is 0 Å². The third kappa shape index (κ3) is 5.46. The van der Waals surface area contributed by atoms with E-state index in [0.717, 1.165) is 16.2 Å². The molecule has 0 saturated heterocycles. The van der Waals surface area contributed by atoms with E-state index in [4.69, 9.17) is 14.7 Å². The summed E-state index contributed by atoms with van der Waals surface area (Å²) in [6.45, 7) is 3.39. The Morgan fingerprint density at radius 3 is 2.72 bits per heavy atom. The van der Waals surface area contributed by atoms with Gasteiger partial charge in [-0.1, -0.05) is 12.1 Å². The van der Waals surface area contributed by atoms with Crippen molar-refractivity contribution in [1.82, 2.24) is 4.57 Å². The Morgan fingerprint density at radius 2 is 2.10 bits per heavy atom. The number of aliphatic hydroxyl groups is 1. The quantitative estimate of drug-likeness (QED) is 0.505. The van der Waals surface area contributed by atoms with Gasteiger partial charge in [-0.2, -0.15) is 5.26 Å². The van der Waals surface area contributed by atoms with Crippen LogP contribution >= 0.6 is 0 Å². The zero-order chi connectivity index (χ0) is 21.4. The van der Waals surface area contributed by atoms with Crippen molar-refractivity contribution in [3.63, 3.8) is 0 Å². The van der Waals surface area contributed by atoms with Gasteiger partial charge in [0.05, 0.1) is 26.3 Å². The van der Waals surface area contributed by atoms with Crippen molar-refractivity contribution in [3.05, 3.63) is 70.2 Å². The molecule has 8 nitrogen and oxygen atoms in total. The van der Waals surface area contributed by atoms with Gasteiger partial charge >= 0.3 is 5.97 Å². The van der Waals surface area contributed by atoms with Crippen LogP contribution in [0, 0.1) is 11.3 Å². The van der Waals surface area contributed by atoms with E-state index in [2.05, 4.69) is 11.3 Å². The molecular formula is C21H22N2O6. The van der Waals surface area contributed by atoms with Gasteiger partial charge in [0.1, 0.15) is 24.3 Å². The van der Waals surface area contributed by atoms with Gasteiger partial charge in [-0.05, 0) is 30.2 Å². The highest BCUT2D eigenvalue weighted by Gasteiger charge is 2.16. The Balaban J connectivity index is 2.14. The largest absolute Gasteiger partial charge is 0.493 e. The zero-order valence-corrected chi connectivity index (χ0v) is 16.3. The minimum atomic E-state index is -1.08. The summed E-state index contributed by atoms with van der Waals surface area (Å²) in [7, 11) is 2.71. The van der Waals surface area contributed by atoms with Crippen LogP contribution in [-0.2, 0) is 17.7 Å². The molecule has 1 aromatic heterocycles. The van der Waals surface area contributed by atoms with Crippen LogP contribution in [-0.4, -0.2) is 42.6 Å². The zero-order valence-electron chi connectivity index (χ0n) is 16.3. The number of carbonyl (C=O) groups excluding carboxylic acids is 1. The summed E-state index contributed by atoms with van der Waals surface area (Å²) in [5, 5.41) is 19.4. The van der Waals surface area contributed by atoms with E-state index < -0.39 is 17.6 Å². The molecule has 2 rings (SSSR count). The molecule has 1 atom stereocenters. The number of methoxy groups -OCH3 is 2. The number of rotatable bonds is 9. The first-order valence-electron chi connectivity index (χ1n) is 8.75. The molecular weight excluding hydrogens is 376 g/mol. The molecule has 8 heteroatoms. The topological polar surface area (TPSA) is 111 Å². The predicted molar refractivity (Wildman–Crippen MR) is 105 cm³/mol. The molecule has 0 aliphatic heterocycles. The summed E-state index contributed by atoms with van der Waals surface area (Å²) in [4.78, 5) is 24.0. The second-order valence-corrected chi connectivity index (χ2v) is 6.15. The van der Waals surface area contributed by atoms with Gasteiger partial charge in [-0.15, -0.1) is 6.58 Å². The van der Waals surface area contributed by atoms with E-state index in [0.29, 0.717) is 17.9 Å². The molecule has 0 spiro atoms. The van der Waals surface area contributed by atoms with E-state index in [9.17, 15) is 14.7 Å². The Labute approximate surface area is 168 Å². The van der Waals surface area contributed by atoms with Crippen LogP contribution in [0.15, 0.2) is 47.9 Å². The van der Waals surface area contributed by atoms with Crippen LogP contribution in [0.25, 0.3) is 0 Å². The Kier molecular flexibility index (Phi) is 7.57. The van der Waals surface area contributed by atoms with Crippen LogP contribution < -0.4 is 15.0 Å². The van der Waals surface area contributed by atoms with E-state index in [-0.39, 0.29) is 24.3 Å². The summed E-state index contributed by atoms with van der Waals surface area (Å²) in [5.74, 6) is 0.256. The molecule has 1 unspecified atom stereocenters. The maximum absolute atomic E-state index is 12.3. The van der Waals surface area contributed by atoms with Crippen molar-refractivity contribution in [2.45, 2.75) is 19.1 Å². The lowest BCUT2D eigenvalue weighted by atomic mass is 10.1. The molecule has 1 heterocycles. The number of hydrogen-bond donors (Lipinski definition) is 1. The monoisotopic (exact) mass is 398 g/mol. The lowest BCUT2D eigenvalue weighted by Gasteiger charge is -2.16. The number of aliphatic hydroxyl groups excluding tert-OH is 1. The number of hydrogen-bond acceptors (Lipinski definition) is 7. The van der Waals surface area contributed by atoms with Gasteiger partial charge in [-0.25, -0.2) is 4.79 Å². The van der Waals surface area contributed by atoms with Gasteiger partial charge in [0.25, 0.3) is 5.56 Å². The molecule has 0 amide bonds. The number of ether oxygens (including phenoxy) is 3. The molecule has 29 heavy (non-hydrogen) atoms. The number of esters is 1. The van der Waals surface area contributed by atoms with Crippen LogP contribution in [0.3, 0.4) is 0 Å². The van der Waals surface area contributed by atoms with Crippen molar-refractivity contribution < 1.29 is 24.1 Å². The minimum Gasteiger partial charge on any atom is -0.493 e. The van der Waals surface area contributed by atoms with E-state index in [1.807, 2.05) is 12.1 Å². The third-order valence-electron chi connectivity index (χ3n) is 4.07. The lowest BCUT2D eigenvalue weighted by molar-refractivity contribution is 0.0597. The van der Waals surface area contributed by atoms with E-state index in [1.165, 1.54) is 20.4 Å². The van der Waals surface area contributed by atoms with Crippen molar-refractivity contribution in [2.24, 2.45) is 0 Å². The number of nitriles is 1. The van der Waals surface area contributed by atoms with Gasteiger partial charge in [0.15, 0.2) is 11.5 Å². The highest BCUT2D eigenvalue weighted by Crippen LogP contribution is 2.28. The van der Waals surface area contributed by atoms with Crippen molar-refractivity contribution in [1.29, 1.82) is 5.26 Å². The third-order valence-corrected chi connectivity index (χ3v) is 4.07. The predicted octanol–water partition coefficient (Wildman–Crippen LogP) is 1.68. The molecule has 152 valence electrons. The van der Waals surface area contributed by atoms with Crippen LogP contribution in [0.1, 0.15) is 21.5 Å².